The van der Waals surface area contributed by atoms with E-state index in [1.807, 2.05) is 0 Å². The Balaban J connectivity index is 1.76. The molecule has 0 unspecified atom stereocenters. The fraction of sp³-hybridized carbons (Fsp3) is 0.348. The van der Waals surface area contributed by atoms with Gasteiger partial charge in [-0.05, 0) is 73.9 Å². The first kappa shape index (κ1) is 21.0. The number of likely N-dealkylation sites (N-methyl/N-ethyl adjacent to an activating group) is 1. The maximum absolute atomic E-state index is 13.8. The van der Waals surface area contributed by atoms with Crippen molar-refractivity contribution in [2.45, 2.75) is 26.7 Å². The SMILES string of the molecule is CC[NH+](CC)CCNC(=O)CCc1c(-c2ccc(F)cc2)[nH]c2ccc(F)cc12. The molecule has 0 saturated carbocycles. The average molecular weight is 400 g/mol. The van der Waals surface area contributed by atoms with Crippen molar-refractivity contribution >= 4 is 16.8 Å². The third-order valence-electron chi connectivity index (χ3n) is 5.40. The number of rotatable bonds is 9. The van der Waals surface area contributed by atoms with E-state index in [-0.39, 0.29) is 17.5 Å². The normalized spacial score (nSPS) is 11.3. The van der Waals surface area contributed by atoms with Crippen molar-refractivity contribution in [2.24, 2.45) is 0 Å². The monoisotopic (exact) mass is 400 g/mol. The molecular formula is C23H28F2N3O+. The topological polar surface area (TPSA) is 49.3 Å². The van der Waals surface area contributed by atoms with Crippen LogP contribution in [0.25, 0.3) is 22.2 Å². The van der Waals surface area contributed by atoms with Crippen LogP contribution in [0.4, 0.5) is 8.78 Å². The highest BCUT2D eigenvalue weighted by Crippen LogP contribution is 2.32. The molecule has 3 N–H and O–H groups in total. The Morgan fingerprint density at radius 1 is 1.03 bits per heavy atom. The number of hydrogen-bond donors (Lipinski definition) is 3. The van der Waals surface area contributed by atoms with Crippen LogP contribution in [0.2, 0.25) is 0 Å². The third-order valence-corrected chi connectivity index (χ3v) is 5.40. The summed E-state index contributed by atoms with van der Waals surface area (Å²) in [5.74, 6) is -0.658. The Bertz CT molecular complexity index is 962. The quantitative estimate of drug-likeness (QED) is 0.508. The molecule has 4 nitrogen and oxygen atoms in total. The summed E-state index contributed by atoms with van der Waals surface area (Å²) < 4.78 is 27.2. The van der Waals surface area contributed by atoms with Crippen LogP contribution < -0.4 is 10.2 Å². The average Bonchev–Trinajstić information content (AvgIpc) is 3.08. The van der Waals surface area contributed by atoms with Crippen molar-refractivity contribution in [3.63, 3.8) is 0 Å². The number of carbonyl (C=O) groups is 1. The molecule has 6 heteroatoms. The van der Waals surface area contributed by atoms with Crippen LogP contribution in [-0.4, -0.2) is 37.1 Å². The van der Waals surface area contributed by atoms with Crippen LogP contribution >= 0.6 is 0 Å². The molecule has 0 saturated heterocycles. The van der Waals surface area contributed by atoms with Crippen LogP contribution in [0.3, 0.4) is 0 Å². The van der Waals surface area contributed by atoms with Gasteiger partial charge >= 0.3 is 0 Å². The number of halogens is 2. The molecule has 0 atom stereocenters. The van der Waals surface area contributed by atoms with Crippen molar-refractivity contribution in [3.8, 4) is 11.3 Å². The molecule has 0 bridgehead atoms. The first-order chi connectivity index (χ1) is 14.0. The van der Waals surface area contributed by atoms with E-state index < -0.39 is 0 Å². The van der Waals surface area contributed by atoms with Gasteiger partial charge in [-0.2, -0.15) is 0 Å². The van der Waals surface area contributed by atoms with Crippen molar-refractivity contribution in [2.75, 3.05) is 26.2 Å². The van der Waals surface area contributed by atoms with E-state index in [1.165, 1.54) is 29.2 Å². The molecule has 0 aliphatic heterocycles. The lowest BCUT2D eigenvalue weighted by Crippen LogP contribution is -3.12. The minimum atomic E-state index is -0.324. The summed E-state index contributed by atoms with van der Waals surface area (Å²) in [4.78, 5) is 17.1. The van der Waals surface area contributed by atoms with Gasteiger partial charge in [0.2, 0.25) is 5.91 Å². The molecular weight excluding hydrogens is 372 g/mol. The zero-order valence-electron chi connectivity index (χ0n) is 16.9. The Labute approximate surface area is 169 Å². The van der Waals surface area contributed by atoms with Gasteiger partial charge < -0.3 is 15.2 Å². The summed E-state index contributed by atoms with van der Waals surface area (Å²) in [6.07, 6.45) is 0.783. The summed E-state index contributed by atoms with van der Waals surface area (Å²) in [5, 5.41) is 3.73. The largest absolute Gasteiger partial charge is 0.354 e. The molecule has 3 rings (SSSR count). The molecule has 3 aromatic rings. The van der Waals surface area contributed by atoms with Crippen molar-refractivity contribution in [3.05, 3.63) is 59.7 Å². The number of aromatic amines is 1. The molecule has 0 fully saturated rings. The fourth-order valence-electron chi connectivity index (χ4n) is 3.65. The Kier molecular flexibility index (Phi) is 6.99. The van der Waals surface area contributed by atoms with Gasteiger partial charge in [-0.25, -0.2) is 8.78 Å². The van der Waals surface area contributed by atoms with Crippen molar-refractivity contribution < 1.29 is 18.5 Å². The zero-order valence-corrected chi connectivity index (χ0v) is 16.9. The molecule has 154 valence electrons. The number of aryl methyl sites for hydroxylation is 1. The second-order valence-electron chi connectivity index (χ2n) is 7.23. The maximum atomic E-state index is 13.8. The minimum Gasteiger partial charge on any atom is -0.354 e. The van der Waals surface area contributed by atoms with E-state index >= 15 is 0 Å². The molecule has 29 heavy (non-hydrogen) atoms. The maximum Gasteiger partial charge on any atom is 0.220 e. The predicted molar refractivity (Wildman–Crippen MR) is 112 cm³/mol. The number of carbonyl (C=O) groups excluding carboxylic acids is 1. The van der Waals surface area contributed by atoms with Crippen LogP contribution in [-0.2, 0) is 11.2 Å². The van der Waals surface area contributed by atoms with Crippen LogP contribution in [0.5, 0.6) is 0 Å². The van der Waals surface area contributed by atoms with Gasteiger partial charge in [0.1, 0.15) is 11.6 Å². The van der Waals surface area contributed by atoms with E-state index in [0.717, 1.165) is 47.4 Å². The summed E-state index contributed by atoms with van der Waals surface area (Å²) in [6, 6.07) is 10.7. The van der Waals surface area contributed by atoms with Gasteiger partial charge in [-0.3, -0.25) is 4.79 Å². The van der Waals surface area contributed by atoms with E-state index in [2.05, 4.69) is 24.1 Å². The molecule has 1 heterocycles. The first-order valence-corrected chi connectivity index (χ1v) is 10.2. The number of hydrogen-bond acceptors (Lipinski definition) is 1. The molecule has 0 spiro atoms. The van der Waals surface area contributed by atoms with E-state index in [1.54, 1.807) is 18.2 Å². The van der Waals surface area contributed by atoms with Gasteiger partial charge in [-0.1, -0.05) is 0 Å². The van der Waals surface area contributed by atoms with Crippen LogP contribution in [0.15, 0.2) is 42.5 Å². The van der Waals surface area contributed by atoms with Gasteiger partial charge in [0, 0.05) is 23.0 Å². The number of fused-ring (bicyclic) bond motifs is 1. The summed E-state index contributed by atoms with van der Waals surface area (Å²) in [6.45, 7) is 7.88. The molecule has 0 radical (unpaired) electrons. The smallest absolute Gasteiger partial charge is 0.220 e. The highest BCUT2D eigenvalue weighted by molar-refractivity contribution is 5.91. The molecule has 0 aliphatic carbocycles. The molecule has 1 aromatic heterocycles. The number of amides is 1. The Hall–Kier alpha value is -2.73. The number of aromatic nitrogens is 1. The Morgan fingerprint density at radius 2 is 1.72 bits per heavy atom. The second-order valence-corrected chi connectivity index (χ2v) is 7.23. The summed E-state index contributed by atoms with van der Waals surface area (Å²) in [5.41, 5.74) is 3.27. The zero-order chi connectivity index (χ0) is 20.8. The van der Waals surface area contributed by atoms with Gasteiger partial charge in [0.05, 0.1) is 26.2 Å². The number of H-pyrrole nitrogens is 1. The number of nitrogens with one attached hydrogen (secondary N) is 3. The lowest BCUT2D eigenvalue weighted by atomic mass is 10.0. The fourth-order valence-corrected chi connectivity index (χ4v) is 3.65. The minimum absolute atomic E-state index is 0.0210. The number of benzene rings is 2. The Morgan fingerprint density at radius 3 is 2.41 bits per heavy atom. The lowest BCUT2D eigenvalue weighted by molar-refractivity contribution is -0.895. The van der Waals surface area contributed by atoms with Gasteiger partial charge in [0.25, 0.3) is 0 Å². The van der Waals surface area contributed by atoms with E-state index in [4.69, 9.17) is 0 Å². The van der Waals surface area contributed by atoms with Gasteiger partial charge in [-0.15, -0.1) is 0 Å². The van der Waals surface area contributed by atoms with E-state index in [9.17, 15) is 13.6 Å². The summed E-state index contributed by atoms with van der Waals surface area (Å²) in [7, 11) is 0. The standard InChI is InChI=1S/C23H27F2N3O/c1-3-28(4-2)14-13-26-22(29)12-10-19-20-15-18(25)9-11-21(20)27-23(19)16-5-7-17(24)8-6-16/h5-9,11,15,27H,3-4,10,12-14H2,1-2H3,(H,26,29)/p+1. The first-order valence-electron chi connectivity index (χ1n) is 10.2. The lowest BCUT2D eigenvalue weighted by Gasteiger charge is -2.15. The van der Waals surface area contributed by atoms with Crippen LogP contribution in [0.1, 0.15) is 25.8 Å². The van der Waals surface area contributed by atoms with Crippen molar-refractivity contribution in [1.82, 2.24) is 10.3 Å². The summed E-state index contributed by atoms with van der Waals surface area (Å²) >= 11 is 0. The molecule has 1 amide bonds. The molecule has 2 aromatic carbocycles. The highest BCUT2D eigenvalue weighted by Gasteiger charge is 2.15. The predicted octanol–water partition coefficient (Wildman–Crippen LogP) is 3.09. The highest BCUT2D eigenvalue weighted by atomic mass is 19.1. The van der Waals surface area contributed by atoms with Gasteiger partial charge in [0.15, 0.2) is 0 Å². The number of quaternary nitrogens is 1. The second kappa shape index (κ2) is 9.65. The van der Waals surface area contributed by atoms with Crippen LogP contribution in [0, 0.1) is 11.6 Å². The third kappa shape index (κ3) is 5.21. The van der Waals surface area contributed by atoms with E-state index in [0.29, 0.717) is 19.4 Å². The van der Waals surface area contributed by atoms with Crippen molar-refractivity contribution in [1.29, 1.82) is 0 Å². The molecule has 0 aliphatic rings.